The Morgan fingerprint density at radius 1 is 1.00 bits per heavy atom. The van der Waals surface area contributed by atoms with Crippen LogP contribution in [0.15, 0.2) is 72.8 Å². The van der Waals surface area contributed by atoms with E-state index in [-0.39, 0.29) is 24.2 Å². The van der Waals surface area contributed by atoms with Crippen molar-refractivity contribution in [1.29, 1.82) is 0 Å². The summed E-state index contributed by atoms with van der Waals surface area (Å²) in [5, 5.41) is 3.64. The van der Waals surface area contributed by atoms with E-state index in [4.69, 9.17) is 16.3 Å². The zero-order chi connectivity index (χ0) is 22.5. The molecule has 0 saturated carbocycles. The first-order valence-electron chi connectivity index (χ1n) is 10.6. The van der Waals surface area contributed by atoms with Crippen LogP contribution in [0.3, 0.4) is 0 Å². The van der Waals surface area contributed by atoms with Gasteiger partial charge in [-0.25, -0.2) is 0 Å². The van der Waals surface area contributed by atoms with Gasteiger partial charge in [0.05, 0.1) is 5.92 Å². The third-order valence-electron chi connectivity index (χ3n) is 5.55. The van der Waals surface area contributed by atoms with Crippen LogP contribution in [0.4, 0.5) is 5.69 Å². The summed E-state index contributed by atoms with van der Waals surface area (Å²) < 4.78 is 5.81. The van der Waals surface area contributed by atoms with Crippen LogP contribution in [0.25, 0.3) is 0 Å². The van der Waals surface area contributed by atoms with Crippen molar-refractivity contribution in [3.8, 4) is 5.75 Å². The fourth-order valence-corrected chi connectivity index (χ4v) is 3.77. The maximum absolute atomic E-state index is 12.6. The highest BCUT2D eigenvalue weighted by molar-refractivity contribution is 6.30. The number of ether oxygens (including phenoxy) is 1. The highest BCUT2D eigenvalue weighted by Gasteiger charge is 2.35. The second-order valence-electron chi connectivity index (χ2n) is 8.02. The first kappa shape index (κ1) is 21.9. The average molecular weight is 449 g/mol. The fraction of sp³-hybridized carbons (Fsp3) is 0.231. The molecule has 1 N–H and O–H groups in total. The lowest BCUT2D eigenvalue weighted by Gasteiger charge is -2.17. The Labute approximate surface area is 193 Å². The summed E-state index contributed by atoms with van der Waals surface area (Å²) in [6.45, 7) is 3.30. The molecule has 32 heavy (non-hydrogen) atoms. The number of amides is 2. The van der Waals surface area contributed by atoms with Crippen LogP contribution in [0.2, 0.25) is 5.02 Å². The van der Waals surface area contributed by atoms with Gasteiger partial charge in [0.2, 0.25) is 11.8 Å². The Morgan fingerprint density at radius 3 is 2.34 bits per heavy atom. The lowest BCUT2D eigenvalue weighted by molar-refractivity contribution is -0.126. The van der Waals surface area contributed by atoms with Crippen LogP contribution in [0, 0.1) is 12.8 Å². The summed E-state index contributed by atoms with van der Waals surface area (Å²) in [5.41, 5.74) is 4.01. The highest BCUT2D eigenvalue weighted by Crippen LogP contribution is 2.27. The number of nitrogens with one attached hydrogen (secondary N) is 1. The minimum Gasteiger partial charge on any atom is -0.489 e. The number of anilines is 1. The van der Waals surface area contributed by atoms with Crippen LogP contribution in [-0.2, 0) is 22.7 Å². The van der Waals surface area contributed by atoms with Crippen molar-refractivity contribution in [2.75, 3.05) is 11.4 Å². The fourth-order valence-electron chi connectivity index (χ4n) is 3.64. The molecule has 0 unspecified atom stereocenters. The van der Waals surface area contributed by atoms with Crippen LogP contribution < -0.4 is 15.0 Å². The molecule has 0 spiro atoms. The normalized spacial score (nSPS) is 15.6. The van der Waals surface area contributed by atoms with Gasteiger partial charge in [-0.2, -0.15) is 0 Å². The van der Waals surface area contributed by atoms with E-state index in [1.807, 2.05) is 79.7 Å². The van der Waals surface area contributed by atoms with Crippen LogP contribution >= 0.6 is 11.6 Å². The SMILES string of the molecule is Cc1ccc(CNC(=O)[C@H]2CC(=O)N(c3ccc(OCc4ccc(Cl)cc4)cc3)C2)cc1. The molecule has 1 atom stereocenters. The Balaban J connectivity index is 1.30. The third-order valence-corrected chi connectivity index (χ3v) is 5.80. The summed E-state index contributed by atoms with van der Waals surface area (Å²) in [6.07, 6.45) is 0.217. The molecule has 4 rings (SSSR count). The topological polar surface area (TPSA) is 58.6 Å². The first-order chi connectivity index (χ1) is 15.5. The van der Waals surface area contributed by atoms with Crippen molar-refractivity contribution in [2.24, 2.45) is 5.92 Å². The van der Waals surface area contributed by atoms with E-state index < -0.39 is 0 Å². The predicted octanol–water partition coefficient (Wildman–Crippen LogP) is 4.90. The zero-order valence-electron chi connectivity index (χ0n) is 17.9. The zero-order valence-corrected chi connectivity index (χ0v) is 18.6. The Kier molecular flexibility index (Phi) is 6.76. The van der Waals surface area contributed by atoms with Gasteiger partial charge in [-0.1, -0.05) is 53.6 Å². The lowest BCUT2D eigenvalue weighted by Crippen LogP contribution is -2.32. The summed E-state index contributed by atoms with van der Waals surface area (Å²) in [4.78, 5) is 26.8. The van der Waals surface area contributed by atoms with Crippen molar-refractivity contribution in [2.45, 2.75) is 26.5 Å². The third kappa shape index (κ3) is 5.48. The van der Waals surface area contributed by atoms with Gasteiger partial charge in [0.15, 0.2) is 0 Å². The smallest absolute Gasteiger partial charge is 0.227 e. The molecule has 0 aliphatic carbocycles. The average Bonchev–Trinajstić information content (AvgIpc) is 3.20. The van der Waals surface area contributed by atoms with Gasteiger partial charge in [-0.3, -0.25) is 9.59 Å². The molecule has 0 aromatic heterocycles. The molecule has 1 aliphatic heterocycles. The second kappa shape index (κ2) is 9.88. The number of benzene rings is 3. The molecule has 1 saturated heterocycles. The van der Waals surface area contributed by atoms with Gasteiger partial charge >= 0.3 is 0 Å². The molecule has 1 aliphatic rings. The number of carbonyl (C=O) groups is 2. The number of rotatable bonds is 7. The summed E-state index contributed by atoms with van der Waals surface area (Å²) in [6, 6.07) is 22.9. The number of nitrogens with zero attached hydrogens (tertiary/aromatic N) is 1. The number of hydrogen-bond acceptors (Lipinski definition) is 3. The highest BCUT2D eigenvalue weighted by atomic mass is 35.5. The van der Waals surface area contributed by atoms with Crippen molar-refractivity contribution >= 4 is 29.1 Å². The molecule has 3 aromatic carbocycles. The lowest BCUT2D eigenvalue weighted by atomic mass is 10.1. The number of halogens is 1. The van der Waals surface area contributed by atoms with Gasteiger partial charge in [0.1, 0.15) is 12.4 Å². The van der Waals surface area contributed by atoms with Gasteiger partial charge < -0.3 is 15.0 Å². The van der Waals surface area contributed by atoms with Crippen molar-refractivity contribution in [3.05, 3.63) is 94.5 Å². The maximum atomic E-state index is 12.6. The minimum absolute atomic E-state index is 0.0460. The molecule has 6 heteroatoms. The standard InChI is InChI=1S/C26H25ClN2O3/c1-18-2-4-19(5-3-18)15-28-26(31)21-14-25(30)29(16-21)23-10-12-24(13-11-23)32-17-20-6-8-22(27)9-7-20/h2-13,21H,14-17H2,1H3,(H,28,31)/t21-/m0/s1. The molecule has 2 amide bonds. The van der Waals surface area contributed by atoms with Gasteiger partial charge in [0.25, 0.3) is 0 Å². The van der Waals surface area contributed by atoms with Crippen molar-refractivity contribution in [3.63, 3.8) is 0 Å². The largest absolute Gasteiger partial charge is 0.489 e. The quantitative estimate of drug-likeness (QED) is 0.559. The summed E-state index contributed by atoms with van der Waals surface area (Å²) in [5.74, 6) is 0.219. The molecule has 1 heterocycles. The Morgan fingerprint density at radius 2 is 1.66 bits per heavy atom. The van der Waals surface area contributed by atoms with Crippen LogP contribution in [0.5, 0.6) is 5.75 Å². The van der Waals surface area contributed by atoms with Gasteiger partial charge in [-0.05, 0) is 54.4 Å². The molecular formula is C26H25ClN2O3. The summed E-state index contributed by atoms with van der Waals surface area (Å²) in [7, 11) is 0. The van der Waals surface area contributed by atoms with E-state index in [0.717, 1.165) is 16.8 Å². The molecule has 0 bridgehead atoms. The molecule has 5 nitrogen and oxygen atoms in total. The molecular weight excluding hydrogens is 424 g/mol. The van der Waals surface area contributed by atoms with E-state index >= 15 is 0 Å². The molecule has 0 radical (unpaired) electrons. The minimum atomic E-state index is -0.353. The van der Waals surface area contributed by atoms with Gasteiger partial charge in [-0.15, -0.1) is 0 Å². The van der Waals surface area contributed by atoms with E-state index in [9.17, 15) is 9.59 Å². The molecule has 1 fully saturated rings. The van der Waals surface area contributed by atoms with Crippen LogP contribution in [0.1, 0.15) is 23.1 Å². The Hall–Kier alpha value is -3.31. The van der Waals surface area contributed by atoms with Crippen molar-refractivity contribution < 1.29 is 14.3 Å². The van der Waals surface area contributed by atoms with E-state index in [2.05, 4.69) is 5.32 Å². The first-order valence-corrected chi connectivity index (χ1v) is 11.0. The van der Waals surface area contributed by atoms with Crippen molar-refractivity contribution in [1.82, 2.24) is 5.32 Å². The Bertz CT molecular complexity index is 1080. The van der Waals surface area contributed by atoms with E-state index in [0.29, 0.717) is 30.5 Å². The number of aryl methyl sites for hydroxylation is 1. The number of hydrogen-bond donors (Lipinski definition) is 1. The van der Waals surface area contributed by atoms with Gasteiger partial charge in [0, 0.05) is 30.2 Å². The predicted molar refractivity (Wildman–Crippen MR) is 126 cm³/mol. The molecule has 3 aromatic rings. The van der Waals surface area contributed by atoms with E-state index in [1.165, 1.54) is 5.56 Å². The maximum Gasteiger partial charge on any atom is 0.227 e. The summed E-state index contributed by atoms with van der Waals surface area (Å²) >= 11 is 5.90. The monoisotopic (exact) mass is 448 g/mol. The second-order valence-corrected chi connectivity index (χ2v) is 8.45. The number of carbonyl (C=O) groups excluding carboxylic acids is 2. The van der Waals surface area contributed by atoms with Crippen LogP contribution in [-0.4, -0.2) is 18.4 Å². The van der Waals surface area contributed by atoms with E-state index in [1.54, 1.807) is 4.90 Å². The molecule has 164 valence electrons.